The maximum atomic E-state index is 12.9. The first-order chi connectivity index (χ1) is 9.81. The number of amides is 1. The van der Waals surface area contributed by atoms with Gasteiger partial charge in [-0.05, 0) is 31.4 Å². The van der Waals surface area contributed by atoms with Crippen molar-refractivity contribution in [1.29, 1.82) is 0 Å². The molecule has 2 bridgehead atoms. The fourth-order valence-electron chi connectivity index (χ4n) is 3.48. The Morgan fingerprint density at radius 2 is 1.95 bits per heavy atom. The molecule has 1 amide bonds. The third-order valence-electron chi connectivity index (χ3n) is 4.47. The number of rotatable bonds is 3. The van der Waals surface area contributed by atoms with Crippen molar-refractivity contribution in [3.05, 3.63) is 35.9 Å². The van der Waals surface area contributed by atoms with Crippen molar-refractivity contribution >= 4 is 18.3 Å². The molecule has 2 aliphatic rings. The summed E-state index contributed by atoms with van der Waals surface area (Å²) in [5.74, 6) is 0.120. The predicted octanol–water partition coefficient (Wildman–Crippen LogP) is 2.15. The highest BCUT2D eigenvalue weighted by Gasteiger charge is 2.40. The Bertz CT molecular complexity index is 455. The minimum Gasteiger partial charge on any atom is -0.367 e. The van der Waals surface area contributed by atoms with E-state index in [1.54, 1.807) is 7.11 Å². The SMILES string of the molecule is COC(C(=O)N1C2CCNCC1CC2)c1ccccc1.Cl. The molecule has 3 atom stereocenters. The van der Waals surface area contributed by atoms with E-state index in [1.807, 2.05) is 30.3 Å². The van der Waals surface area contributed by atoms with Gasteiger partial charge in [-0.3, -0.25) is 4.79 Å². The Morgan fingerprint density at radius 1 is 1.24 bits per heavy atom. The molecule has 4 nitrogen and oxygen atoms in total. The highest BCUT2D eigenvalue weighted by atomic mass is 35.5. The Hall–Kier alpha value is -1.10. The van der Waals surface area contributed by atoms with E-state index in [-0.39, 0.29) is 18.3 Å². The number of fused-ring (bicyclic) bond motifs is 2. The number of carbonyl (C=O) groups excluding carboxylic acids is 1. The molecule has 2 fully saturated rings. The normalized spacial score (nSPS) is 25.9. The van der Waals surface area contributed by atoms with E-state index in [0.29, 0.717) is 12.1 Å². The largest absolute Gasteiger partial charge is 0.367 e. The fourth-order valence-corrected chi connectivity index (χ4v) is 3.48. The first-order valence-corrected chi connectivity index (χ1v) is 7.42. The van der Waals surface area contributed by atoms with Crippen LogP contribution in [0.3, 0.4) is 0 Å². The number of halogens is 1. The molecule has 116 valence electrons. The first-order valence-electron chi connectivity index (χ1n) is 7.42. The molecule has 3 unspecified atom stereocenters. The van der Waals surface area contributed by atoms with E-state index in [1.165, 1.54) is 0 Å². The molecule has 2 heterocycles. The molecule has 5 heteroatoms. The molecule has 0 aromatic heterocycles. The van der Waals surface area contributed by atoms with Gasteiger partial charge in [0.1, 0.15) is 0 Å². The van der Waals surface area contributed by atoms with E-state index >= 15 is 0 Å². The van der Waals surface area contributed by atoms with Crippen LogP contribution in [0.2, 0.25) is 0 Å². The Balaban J connectivity index is 0.00000161. The van der Waals surface area contributed by atoms with Crippen LogP contribution in [0.4, 0.5) is 0 Å². The van der Waals surface area contributed by atoms with Gasteiger partial charge in [-0.25, -0.2) is 0 Å². The standard InChI is InChI=1S/C16H22N2O2.ClH/c1-20-15(12-5-3-2-4-6-12)16(19)18-13-7-8-14(18)11-17-10-9-13;/h2-6,13-15,17H,7-11H2,1H3;1H. The van der Waals surface area contributed by atoms with Crippen LogP contribution in [0.1, 0.15) is 30.9 Å². The van der Waals surface area contributed by atoms with Gasteiger partial charge in [0.15, 0.2) is 6.10 Å². The number of carbonyl (C=O) groups is 1. The van der Waals surface area contributed by atoms with Crippen LogP contribution >= 0.6 is 12.4 Å². The first kappa shape index (κ1) is 16.3. The van der Waals surface area contributed by atoms with E-state index in [2.05, 4.69) is 10.2 Å². The molecular weight excluding hydrogens is 288 g/mol. The molecule has 1 N–H and O–H groups in total. The minimum atomic E-state index is -0.475. The van der Waals surface area contributed by atoms with Crippen LogP contribution in [0.25, 0.3) is 0 Å². The lowest BCUT2D eigenvalue weighted by molar-refractivity contribution is -0.145. The van der Waals surface area contributed by atoms with Gasteiger partial charge in [-0.15, -0.1) is 12.4 Å². The summed E-state index contributed by atoms with van der Waals surface area (Å²) in [7, 11) is 1.62. The molecule has 0 radical (unpaired) electrons. The maximum absolute atomic E-state index is 12.9. The highest BCUT2D eigenvalue weighted by molar-refractivity contribution is 5.85. The van der Waals surface area contributed by atoms with Crippen molar-refractivity contribution in [3.8, 4) is 0 Å². The molecule has 2 aliphatic heterocycles. The van der Waals surface area contributed by atoms with Gasteiger partial charge in [-0.1, -0.05) is 30.3 Å². The van der Waals surface area contributed by atoms with E-state index in [9.17, 15) is 4.79 Å². The second-order valence-electron chi connectivity index (χ2n) is 5.65. The van der Waals surface area contributed by atoms with Gasteiger partial charge in [0.2, 0.25) is 0 Å². The van der Waals surface area contributed by atoms with Crippen LogP contribution in [0.5, 0.6) is 0 Å². The average molecular weight is 311 g/mol. The van der Waals surface area contributed by atoms with Gasteiger partial charge >= 0.3 is 0 Å². The van der Waals surface area contributed by atoms with Crippen molar-refractivity contribution in [2.75, 3.05) is 20.2 Å². The van der Waals surface area contributed by atoms with Crippen LogP contribution in [0, 0.1) is 0 Å². The number of hydrogen-bond donors (Lipinski definition) is 1. The zero-order chi connectivity index (χ0) is 13.9. The third kappa shape index (κ3) is 3.23. The Labute approximate surface area is 132 Å². The summed E-state index contributed by atoms with van der Waals surface area (Å²) < 4.78 is 5.51. The molecule has 0 aliphatic carbocycles. The maximum Gasteiger partial charge on any atom is 0.256 e. The topological polar surface area (TPSA) is 41.6 Å². The van der Waals surface area contributed by atoms with Crippen molar-refractivity contribution < 1.29 is 9.53 Å². The lowest BCUT2D eigenvalue weighted by Crippen LogP contribution is -2.45. The van der Waals surface area contributed by atoms with Crippen LogP contribution in [-0.4, -0.2) is 43.1 Å². The average Bonchev–Trinajstić information content (AvgIpc) is 2.74. The number of nitrogens with zero attached hydrogens (tertiary/aromatic N) is 1. The summed E-state index contributed by atoms with van der Waals surface area (Å²) in [5.41, 5.74) is 0.941. The zero-order valence-electron chi connectivity index (χ0n) is 12.3. The van der Waals surface area contributed by atoms with Gasteiger partial charge < -0.3 is 15.0 Å². The lowest BCUT2D eigenvalue weighted by Gasteiger charge is -2.31. The Morgan fingerprint density at radius 3 is 2.67 bits per heavy atom. The van der Waals surface area contributed by atoms with Crippen LogP contribution < -0.4 is 5.32 Å². The van der Waals surface area contributed by atoms with E-state index in [4.69, 9.17) is 4.74 Å². The molecule has 2 saturated heterocycles. The summed E-state index contributed by atoms with van der Waals surface area (Å²) in [6.07, 6.45) is 2.81. The van der Waals surface area contributed by atoms with Crippen LogP contribution in [0.15, 0.2) is 30.3 Å². The highest BCUT2D eigenvalue weighted by Crippen LogP contribution is 2.31. The van der Waals surface area contributed by atoms with Gasteiger partial charge in [-0.2, -0.15) is 0 Å². The zero-order valence-corrected chi connectivity index (χ0v) is 13.1. The summed E-state index contributed by atoms with van der Waals surface area (Å²) in [6, 6.07) is 10.5. The molecular formula is C16H23ClN2O2. The summed E-state index contributed by atoms with van der Waals surface area (Å²) in [5, 5.41) is 3.43. The molecule has 1 aromatic carbocycles. The summed E-state index contributed by atoms with van der Waals surface area (Å²) >= 11 is 0. The van der Waals surface area contributed by atoms with Crippen molar-refractivity contribution in [1.82, 2.24) is 10.2 Å². The number of hydrogen-bond acceptors (Lipinski definition) is 3. The summed E-state index contributed by atoms with van der Waals surface area (Å²) in [4.78, 5) is 15.0. The van der Waals surface area contributed by atoms with Crippen molar-refractivity contribution in [3.63, 3.8) is 0 Å². The van der Waals surface area contributed by atoms with E-state index < -0.39 is 6.10 Å². The predicted molar refractivity (Wildman–Crippen MR) is 84.6 cm³/mol. The molecule has 21 heavy (non-hydrogen) atoms. The number of nitrogens with one attached hydrogen (secondary N) is 1. The third-order valence-corrected chi connectivity index (χ3v) is 4.47. The Kier molecular flexibility index (Phi) is 5.62. The fraction of sp³-hybridized carbons (Fsp3) is 0.562. The molecule has 0 spiro atoms. The smallest absolute Gasteiger partial charge is 0.256 e. The van der Waals surface area contributed by atoms with Gasteiger partial charge in [0.05, 0.1) is 0 Å². The minimum absolute atomic E-state index is 0. The van der Waals surface area contributed by atoms with Crippen molar-refractivity contribution in [2.24, 2.45) is 0 Å². The number of benzene rings is 1. The van der Waals surface area contributed by atoms with Crippen molar-refractivity contribution in [2.45, 2.75) is 37.5 Å². The second kappa shape index (κ2) is 7.25. The quantitative estimate of drug-likeness (QED) is 0.930. The summed E-state index contributed by atoms with van der Waals surface area (Å²) in [6.45, 7) is 1.92. The second-order valence-corrected chi connectivity index (χ2v) is 5.65. The molecule has 0 saturated carbocycles. The lowest BCUT2D eigenvalue weighted by atomic mass is 10.1. The van der Waals surface area contributed by atoms with Crippen LogP contribution in [-0.2, 0) is 9.53 Å². The van der Waals surface area contributed by atoms with Gasteiger partial charge in [0.25, 0.3) is 5.91 Å². The van der Waals surface area contributed by atoms with E-state index in [0.717, 1.165) is 37.9 Å². The molecule has 3 rings (SSSR count). The monoisotopic (exact) mass is 310 g/mol. The number of ether oxygens (including phenoxy) is 1. The number of methoxy groups -OCH3 is 1. The van der Waals surface area contributed by atoms with Gasteiger partial charge in [0, 0.05) is 25.7 Å². The molecule has 1 aromatic rings.